The first kappa shape index (κ1) is 12.4. The number of hydrogen-bond acceptors (Lipinski definition) is 4. The van der Waals surface area contributed by atoms with E-state index in [1.165, 1.54) is 12.0 Å². The van der Waals surface area contributed by atoms with Crippen LogP contribution in [-0.2, 0) is 14.3 Å². The second-order valence-corrected chi connectivity index (χ2v) is 4.65. The molecule has 0 fully saturated rings. The van der Waals surface area contributed by atoms with Gasteiger partial charge in [-0.2, -0.15) is 0 Å². The van der Waals surface area contributed by atoms with Gasteiger partial charge in [0.15, 0.2) is 0 Å². The molecule has 2 rings (SSSR count). The molecule has 0 saturated carbocycles. The van der Waals surface area contributed by atoms with E-state index in [1.54, 1.807) is 13.8 Å². The van der Waals surface area contributed by atoms with Crippen LogP contribution in [0.5, 0.6) is 0 Å². The molecule has 0 spiro atoms. The van der Waals surface area contributed by atoms with Gasteiger partial charge in [0.2, 0.25) is 5.91 Å². The lowest BCUT2D eigenvalue weighted by atomic mass is 9.99. The summed E-state index contributed by atoms with van der Waals surface area (Å²) in [5, 5.41) is 3.03. The van der Waals surface area contributed by atoms with Crippen LogP contribution in [0.1, 0.15) is 13.8 Å². The van der Waals surface area contributed by atoms with Gasteiger partial charge in [0, 0.05) is 0 Å². The summed E-state index contributed by atoms with van der Waals surface area (Å²) in [6, 6.07) is 7.40. The first-order valence-corrected chi connectivity index (χ1v) is 5.73. The normalized spacial score (nSPS) is 14.8. The number of fused-ring (bicyclic) bond motifs is 1. The highest BCUT2D eigenvalue weighted by atomic mass is 16.5. The van der Waals surface area contributed by atoms with Gasteiger partial charge >= 0.3 is 5.97 Å². The molecule has 1 N–H and O–H groups in total. The van der Waals surface area contributed by atoms with Crippen LogP contribution in [0.2, 0.25) is 0 Å². The van der Waals surface area contributed by atoms with Gasteiger partial charge in [-0.1, -0.05) is 12.1 Å². The van der Waals surface area contributed by atoms with E-state index in [2.05, 4.69) is 5.32 Å². The van der Waals surface area contributed by atoms with Gasteiger partial charge in [0.25, 0.3) is 0 Å². The molecule has 0 aliphatic carbocycles. The molecule has 0 unspecified atom stereocenters. The number of nitrogens with one attached hydrogen (secondary N) is 1. The van der Waals surface area contributed by atoms with E-state index in [-0.39, 0.29) is 12.5 Å². The SMILES string of the molecule is COC(=O)C(C)(C)N1C(=O)CNc2ccccc21. The summed E-state index contributed by atoms with van der Waals surface area (Å²) in [5.41, 5.74) is 0.516. The topological polar surface area (TPSA) is 58.6 Å². The Morgan fingerprint density at radius 3 is 2.72 bits per heavy atom. The number of benzene rings is 1. The summed E-state index contributed by atoms with van der Waals surface area (Å²) >= 11 is 0. The third-order valence-corrected chi connectivity index (χ3v) is 3.07. The van der Waals surface area contributed by atoms with Crippen molar-refractivity contribution in [3.05, 3.63) is 24.3 Å². The van der Waals surface area contributed by atoms with Crippen molar-refractivity contribution in [2.24, 2.45) is 0 Å². The number of carbonyl (C=O) groups excluding carboxylic acids is 2. The fourth-order valence-corrected chi connectivity index (χ4v) is 2.16. The lowest BCUT2D eigenvalue weighted by Gasteiger charge is -2.39. The van der Waals surface area contributed by atoms with E-state index >= 15 is 0 Å². The van der Waals surface area contributed by atoms with E-state index in [4.69, 9.17) is 4.74 Å². The molecule has 1 heterocycles. The largest absolute Gasteiger partial charge is 0.467 e. The maximum Gasteiger partial charge on any atom is 0.331 e. The maximum atomic E-state index is 12.1. The highest BCUT2D eigenvalue weighted by Crippen LogP contribution is 2.34. The van der Waals surface area contributed by atoms with Crippen LogP contribution in [0.3, 0.4) is 0 Å². The van der Waals surface area contributed by atoms with E-state index < -0.39 is 11.5 Å². The van der Waals surface area contributed by atoms with Crippen molar-refractivity contribution in [1.29, 1.82) is 0 Å². The van der Waals surface area contributed by atoms with E-state index in [0.29, 0.717) is 5.69 Å². The molecular weight excluding hydrogens is 232 g/mol. The molecule has 0 atom stereocenters. The summed E-state index contributed by atoms with van der Waals surface area (Å²) in [6.45, 7) is 3.54. The van der Waals surface area contributed by atoms with Crippen molar-refractivity contribution in [3.63, 3.8) is 0 Å². The van der Waals surface area contributed by atoms with Crippen LogP contribution in [0.4, 0.5) is 11.4 Å². The van der Waals surface area contributed by atoms with Crippen LogP contribution in [0.15, 0.2) is 24.3 Å². The number of nitrogens with zero attached hydrogens (tertiary/aromatic N) is 1. The number of methoxy groups -OCH3 is 1. The fourth-order valence-electron chi connectivity index (χ4n) is 2.16. The van der Waals surface area contributed by atoms with Crippen LogP contribution in [0, 0.1) is 0 Å². The monoisotopic (exact) mass is 248 g/mol. The van der Waals surface area contributed by atoms with Gasteiger partial charge in [0.1, 0.15) is 5.54 Å². The third-order valence-electron chi connectivity index (χ3n) is 3.07. The summed E-state index contributed by atoms with van der Waals surface area (Å²) < 4.78 is 4.78. The van der Waals surface area contributed by atoms with Gasteiger partial charge in [-0.15, -0.1) is 0 Å². The standard InChI is InChI=1S/C13H16N2O3/c1-13(2,12(17)18-3)15-10-7-5-4-6-9(10)14-8-11(15)16/h4-7,14H,8H2,1-3H3. The number of anilines is 2. The highest BCUT2D eigenvalue weighted by Gasteiger charge is 2.42. The Hall–Kier alpha value is -2.04. The first-order valence-electron chi connectivity index (χ1n) is 5.73. The Balaban J connectivity index is 2.50. The Kier molecular flexibility index (Phi) is 2.98. The Morgan fingerprint density at radius 2 is 2.06 bits per heavy atom. The number of ether oxygens (including phenoxy) is 1. The average molecular weight is 248 g/mol. The van der Waals surface area contributed by atoms with Crippen molar-refractivity contribution in [1.82, 2.24) is 0 Å². The minimum atomic E-state index is -1.02. The summed E-state index contributed by atoms with van der Waals surface area (Å²) in [4.78, 5) is 25.4. The zero-order chi connectivity index (χ0) is 13.3. The summed E-state index contributed by atoms with van der Waals surface area (Å²) in [5.74, 6) is -0.586. The predicted octanol–water partition coefficient (Wildman–Crippen LogP) is 1.40. The van der Waals surface area contributed by atoms with Gasteiger partial charge in [-0.3, -0.25) is 9.69 Å². The molecule has 1 aliphatic rings. The average Bonchev–Trinajstić information content (AvgIpc) is 2.37. The fraction of sp³-hybridized carbons (Fsp3) is 0.385. The number of amides is 1. The Bertz CT molecular complexity index is 497. The van der Waals surface area contributed by atoms with Crippen molar-refractivity contribution >= 4 is 23.3 Å². The van der Waals surface area contributed by atoms with Gasteiger partial charge in [-0.05, 0) is 26.0 Å². The Morgan fingerprint density at radius 1 is 1.39 bits per heavy atom. The molecule has 0 bridgehead atoms. The maximum absolute atomic E-state index is 12.1. The lowest BCUT2D eigenvalue weighted by molar-refractivity contribution is -0.147. The van der Waals surface area contributed by atoms with E-state index in [9.17, 15) is 9.59 Å². The van der Waals surface area contributed by atoms with E-state index in [0.717, 1.165) is 5.69 Å². The second kappa shape index (κ2) is 4.33. The Labute approximate surface area is 106 Å². The zero-order valence-electron chi connectivity index (χ0n) is 10.7. The summed E-state index contributed by atoms with van der Waals surface area (Å²) in [6.07, 6.45) is 0. The first-order chi connectivity index (χ1) is 8.48. The van der Waals surface area contributed by atoms with Gasteiger partial charge in [-0.25, -0.2) is 4.79 Å². The number of hydrogen-bond donors (Lipinski definition) is 1. The number of carbonyl (C=O) groups is 2. The molecule has 5 heteroatoms. The smallest absolute Gasteiger partial charge is 0.331 e. The van der Waals surface area contributed by atoms with E-state index in [1.807, 2.05) is 24.3 Å². The molecule has 5 nitrogen and oxygen atoms in total. The van der Waals surface area contributed by atoms with Crippen molar-refractivity contribution in [2.45, 2.75) is 19.4 Å². The molecular formula is C13H16N2O3. The van der Waals surface area contributed by atoms with Gasteiger partial charge in [0.05, 0.1) is 25.0 Å². The number of rotatable bonds is 2. The zero-order valence-corrected chi connectivity index (χ0v) is 10.7. The molecule has 1 amide bonds. The van der Waals surface area contributed by atoms with Crippen molar-refractivity contribution in [2.75, 3.05) is 23.9 Å². The third kappa shape index (κ3) is 1.81. The van der Waals surface area contributed by atoms with Gasteiger partial charge < -0.3 is 10.1 Å². The number of para-hydroxylation sites is 2. The molecule has 0 saturated heterocycles. The lowest BCUT2D eigenvalue weighted by Crippen LogP contribution is -2.57. The molecule has 96 valence electrons. The second-order valence-electron chi connectivity index (χ2n) is 4.65. The minimum Gasteiger partial charge on any atom is -0.467 e. The quantitative estimate of drug-likeness (QED) is 0.804. The van der Waals surface area contributed by atoms with Crippen LogP contribution < -0.4 is 10.2 Å². The van der Waals surface area contributed by atoms with Crippen LogP contribution in [0.25, 0.3) is 0 Å². The van der Waals surface area contributed by atoms with Crippen LogP contribution >= 0.6 is 0 Å². The molecule has 18 heavy (non-hydrogen) atoms. The molecule has 1 aromatic carbocycles. The van der Waals surface area contributed by atoms with Crippen molar-refractivity contribution < 1.29 is 14.3 Å². The molecule has 0 aromatic heterocycles. The highest BCUT2D eigenvalue weighted by molar-refractivity contribution is 6.08. The predicted molar refractivity (Wildman–Crippen MR) is 68.5 cm³/mol. The van der Waals surface area contributed by atoms with Crippen molar-refractivity contribution in [3.8, 4) is 0 Å². The molecule has 1 aliphatic heterocycles. The molecule has 0 radical (unpaired) electrons. The number of esters is 1. The minimum absolute atomic E-state index is 0.149. The van der Waals surface area contributed by atoms with Crippen LogP contribution in [-0.4, -0.2) is 31.1 Å². The molecule has 1 aromatic rings. The summed E-state index contributed by atoms with van der Waals surface area (Å²) in [7, 11) is 1.32.